The molecule has 0 heterocycles. The molecule has 58 valence electrons. The van der Waals surface area contributed by atoms with E-state index in [0.29, 0.717) is 5.82 Å². The van der Waals surface area contributed by atoms with Crippen molar-refractivity contribution in [3.8, 4) is 0 Å². The van der Waals surface area contributed by atoms with Crippen LogP contribution in [0.25, 0.3) is 0 Å². The van der Waals surface area contributed by atoms with Crippen LogP contribution < -0.4 is 0 Å². The third kappa shape index (κ3) is 2.39. The Morgan fingerprint density at radius 3 is 2.45 bits per heavy atom. The van der Waals surface area contributed by atoms with Gasteiger partial charge in [0.2, 0.25) is 0 Å². The Bertz CT molecular complexity index is 198. The zero-order valence-electron chi connectivity index (χ0n) is 6.83. The summed E-state index contributed by atoms with van der Waals surface area (Å²) in [5, 5.41) is 8.70. The zero-order chi connectivity index (χ0) is 8.10. The van der Waals surface area contributed by atoms with Gasteiger partial charge in [0.25, 0.3) is 0 Å². The van der Waals surface area contributed by atoms with Gasteiger partial charge in [0.05, 0.1) is 0 Å². The molecule has 11 heavy (non-hydrogen) atoms. The fourth-order valence-corrected chi connectivity index (χ4v) is 1.14. The van der Waals surface area contributed by atoms with Gasteiger partial charge in [0.1, 0.15) is 7.85 Å². The van der Waals surface area contributed by atoms with Gasteiger partial charge in [-0.05, 0) is 12.2 Å². The van der Waals surface area contributed by atoms with Crippen molar-refractivity contribution < 1.29 is 5.11 Å². The second-order valence-corrected chi connectivity index (χ2v) is 2.82. The average molecular weight is 148 g/mol. The number of hydrogen-bond donors (Lipinski definition) is 1. The van der Waals surface area contributed by atoms with Crippen LogP contribution in [0.4, 0.5) is 0 Å². The van der Waals surface area contributed by atoms with Gasteiger partial charge < -0.3 is 5.11 Å². The van der Waals surface area contributed by atoms with Crippen molar-refractivity contribution in [2.45, 2.75) is 12.2 Å². The van der Waals surface area contributed by atoms with E-state index in [1.54, 1.807) is 0 Å². The minimum absolute atomic E-state index is 0.274. The van der Waals surface area contributed by atoms with Gasteiger partial charge in [-0.25, -0.2) is 0 Å². The van der Waals surface area contributed by atoms with Crippen LogP contribution in [0.3, 0.4) is 0 Å². The molecule has 0 aliphatic carbocycles. The van der Waals surface area contributed by atoms with Crippen molar-refractivity contribution in [3.05, 3.63) is 35.9 Å². The predicted molar refractivity (Wildman–Crippen MR) is 49.4 cm³/mol. The molecule has 0 aliphatic heterocycles. The number of hydrogen-bond acceptors (Lipinski definition) is 1. The van der Waals surface area contributed by atoms with Gasteiger partial charge >= 0.3 is 0 Å². The van der Waals surface area contributed by atoms with Crippen molar-refractivity contribution in [2.75, 3.05) is 6.61 Å². The second kappa shape index (κ2) is 4.19. The van der Waals surface area contributed by atoms with E-state index in [2.05, 4.69) is 20.0 Å². The highest BCUT2D eigenvalue weighted by molar-refractivity contribution is 6.12. The topological polar surface area (TPSA) is 20.2 Å². The molecule has 0 spiro atoms. The van der Waals surface area contributed by atoms with Crippen LogP contribution in [0.1, 0.15) is 17.8 Å². The first-order valence-electron chi connectivity index (χ1n) is 4.00. The minimum atomic E-state index is 0.274. The summed E-state index contributed by atoms with van der Waals surface area (Å²) in [5.41, 5.74) is 1.31. The maximum atomic E-state index is 8.70. The second-order valence-electron chi connectivity index (χ2n) is 2.82. The third-order valence-electron chi connectivity index (χ3n) is 1.93. The molecule has 0 saturated heterocycles. The van der Waals surface area contributed by atoms with Crippen LogP contribution in [0.5, 0.6) is 0 Å². The predicted octanol–water partition coefficient (Wildman–Crippen LogP) is 0.743. The van der Waals surface area contributed by atoms with Crippen LogP contribution in [-0.4, -0.2) is 19.6 Å². The Kier molecular flexibility index (Phi) is 3.18. The zero-order valence-corrected chi connectivity index (χ0v) is 6.83. The molecule has 2 heteroatoms. The van der Waals surface area contributed by atoms with E-state index in [-0.39, 0.29) is 6.61 Å². The first-order chi connectivity index (χ1) is 5.34. The molecule has 1 atom stereocenters. The molecule has 0 fully saturated rings. The molecule has 1 unspecified atom stereocenters. The van der Waals surface area contributed by atoms with Gasteiger partial charge in [0.15, 0.2) is 0 Å². The summed E-state index contributed by atoms with van der Waals surface area (Å²) >= 11 is 0. The van der Waals surface area contributed by atoms with Crippen molar-refractivity contribution in [2.24, 2.45) is 0 Å². The number of aliphatic hydroxyl groups is 1. The monoisotopic (exact) mass is 148 g/mol. The molecule has 1 aromatic carbocycles. The molecular weight excluding hydrogens is 135 g/mol. The highest BCUT2D eigenvalue weighted by Crippen LogP contribution is 2.13. The Balaban J connectivity index is 2.61. The van der Waals surface area contributed by atoms with Gasteiger partial charge in [-0.15, -0.1) is 0 Å². The van der Waals surface area contributed by atoms with Crippen molar-refractivity contribution in [3.63, 3.8) is 0 Å². The van der Waals surface area contributed by atoms with Crippen molar-refractivity contribution in [1.29, 1.82) is 0 Å². The number of aliphatic hydroxyl groups excluding tert-OH is 1. The molecule has 1 nitrogen and oxygen atoms in total. The fourth-order valence-electron chi connectivity index (χ4n) is 1.14. The normalized spacial score (nSPS) is 12.8. The highest BCUT2D eigenvalue weighted by atomic mass is 16.2. The Labute approximate surface area is 68.5 Å². The summed E-state index contributed by atoms with van der Waals surface area (Å²) in [5.74, 6) is 0.473. The molecular formula is C9H13BO. The summed E-state index contributed by atoms with van der Waals surface area (Å²) in [6.07, 6.45) is 0.851. The van der Waals surface area contributed by atoms with Crippen molar-refractivity contribution in [1.82, 2.24) is 0 Å². The van der Waals surface area contributed by atoms with Gasteiger partial charge in [-0.3, -0.25) is 0 Å². The molecule has 0 bridgehead atoms. The SMILES string of the molecule is BC(CCO)c1ccccc1. The van der Waals surface area contributed by atoms with Gasteiger partial charge in [0, 0.05) is 6.61 Å². The standard InChI is InChI=1S/C9H13BO/c10-9(6-7-11)8-4-2-1-3-5-8/h1-5,9,11H,6-7,10H2. The summed E-state index contributed by atoms with van der Waals surface area (Å²) in [6, 6.07) is 10.3. The van der Waals surface area contributed by atoms with Gasteiger partial charge in [-0.2, -0.15) is 0 Å². The van der Waals surface area contributed by atoms with E-state index in [0.717, 1.165) is 6.42 Å². The van der Waals surface area contributed by atoms with E-state index in [4.69, 9.17) is 5.11 Å². The van der Waals surface area contributed by atoms with E-state index < -0.39 is 0 Å². The molecule has 1 N–H and O–H groups in total. The van der Waals surface area contributed by atoms with Crippen LogP contribution in [0, 0.1) is 0 Å². The molecule has 0 radical (unpaired) electrons. The summed E-state index contributed by atoms with van der Waals surface area (Å²) in [4.78, 5) is 0. The number of benzene rings is 1. The molecule has 0 saturated carbocycles. The number of rotatable bonds is 3. The van der Waals surface area contributed by atoms with Crippen LogP contribution in [-0.2, 0) is 0 Å². The quantitative estimate of drug-likeness (QED) is 0.627. The van der Waals surface area contributed by atoms with Crippen LogP contribution in [0.15, 0.2) is 30.3 Å². The summed E-state index contributed by atoms with van der Waals surface area (Å²) < 4.78 is 0. The maximum Gasteiger partial charge on any atom is 0.111 e. The Hall–Kier alpha value is -0.755. The lowest BCUT2D eigenvalue weighted by Crippen LogP contribution is -2.00. The first kappa shape index (κ1) is 8.34. The largest absolute Gasteiger partial charge is 0.396 e. The average Bonchev–Trinajstić information content (AvgIpc) is 2.07. The summed E-state index contributed by atoms with van der Waals surface area (Å²) in [6.45, 7) is 0.274. The smallest absolute Gasteiger partial charge is 0.111 e. The minimum Gasteiger partial charge on any atom is -0.396 e. The fraction of sp³-hybridized carbons (Fsp3) is 0.333. The third-order valence-corrected chi connectivity index (χ3v) is 1.93. The molecule has 0 aromatic heterocycles. The van der Waals surface area contributed by atoms with E-state index in [9.17, 15) is 0 Å². The first-order valence-corrected chi connectivity index (χ1v) is 4.00. The molecule has 1 aromatic rings. The summed E-state index contributed by atoms with van der Waals surface area (Å²) in [7, 11) is 2.13. The molecule has 0 aliphatic rings. The van der Waals surface area contributed by atoms with Crippen LogP contribution in [0.2, 0.25) is 0 Å². The van der Waals surface area contributed by atoms with Crippen molar-refractivity contribution >= 4 is 7.85 Å². The highest BCUT2D eigenvalue weighted by Gasteiger charge is 2.02. The maximum absolute atomic E-state index is 8.70. The lowest BCUT2D eigenvalue weighted by atomic mass is 9.79. The van der Waals surface area contributed by atoms with E-state index in [1.165, 1.54) is 5.56 Å². The van der Waals surface area contributed by atoms with E-state index in [1.807, 2.05) is 18.2 Å². The lowest BCUT2D eigenvalue weighted by molar-refractivity contribution is 0.286. The molecule has 1 rings (SSSR count). The molecule has 0 amide bonds. The van der Waals surface area contributed by atoms with E-state index >= 15 is 0 Å². The Morgan fingerprint density at radius 1 is 1.27 bits per heavy atom. The van der Waals surface area contributed by atoms with Gasteiger partial charge in [-0.1, -0.05) is 35.9 Å². The lowest BCUT2D eigenvalue weighted by Gasteiger charge is -2.08. The Morgan fingerprint density at radius 2 is 1.91 bits per heavy atom. The van der Waals surface area contributed by atoms with Crippen LogP contribution >= 0.6 is 0 Å².